The van der Waals surface area contributed by atoms with Crippen molar-refractivity contribution in [2.45, 2.75) is 41.0 Å². The first-order valence-corrected chi connectivity index (χ1v) is 6.12. The highest BCUT2D eigenvalue weighted by atomic mass is 16.5. The van der Waals surface area contributed by atoms with E-state index in [0.717, 1.165) is 31.5 Å². The van der Waals surface area contributed by atoms with Crippen LogP contribution in [-0.4, -0.2) is 26.8 Å². The van der Waals surface area contributed by atoms with Gasteiger partial charge in [0.25, 0.3) is 0 Å². The summed E-state index contributed by atoms with van der Waals surface area (Å²) >= 11 is 0. The van der Waals surface area contributed by atoms with Crippen molar-refractivity contribution in [1.82, 2.24) is 5.32 Å². The van der Waals surface area contributed by atoms with Gasteiger partial charge in [0, 0.05) is 20.2 Å². The molecule has 0 aromatic carbocycles. The van der Waals surface area contributed by atoms with E-state index in [4.69, 9.17) is 4.74 Å². The average molecular weight is 215 g/mol. The van der Waals surface area contributed by atoms with E-state index in [9.17, 15) is 0 Å². The van der Waals surface area contributed by atoms with Crippen molar-refractivity contribution in [2.75, 3.05) is 26.8 Å². The van der Waals surface area contributed by atoms with Crippen LogP contribution in [0.15, 0.2) is 0 Å². The number of hydrogen-bond donors (Lipinski definition) is 1. The summed E-state index contributed by atoms with van der Waals surface area (Å²) in [5, 5.41) is 3.49. The smallest absolute Gasteiger partial charge is 0.0587 e. The Hall–Kier alpha value is -0.0800. The molecule has 1 unspecified atom stereocenters. The maximum atomic E-state index is 5.04. The molecule has 1 N–H and O–H groups in total. The van der Waals surface area contributed by atoms with Gasteiger partial charge >= 0.3 is 0 Å². The third-order valence-corrected chi connectivity index (χ3v) is 3.28. The van der Waals surface area contributed by atoms with E-state index < -0.39 is 0 Å². The predicted octanol–water partition coefficient (Wildman–Crippen LogP) is 2.93. The van der Waals surface area contributed by atoms with Crippen molar-refractivity contribution in [1.29, 1.82) is 0 Å². The molecule has 0 spiro atoms. The highest BCUT2D eigenvalue weighted by molar-refractivity contribution is 4.81. The molecule has 92 valence electrons. The Bertz CT molecular complexity index is 157. The number of methoxy groups -OCH3 is 1. The maximum absolute atomic E-state index is 5.04. The zero-order valence-electron chi connectivity index (χ0n) is 11.4. The largest absolute Gasteiger partial charge is 0.383 e. The second kappa shape index (κ2) is 7.24. The molecule has 2 heteroatoms. The van der Waals surface area contributed by atoms with Crippen LogP contribution in [0, 0.1) is 17.3 Å². The molecule has 0 fully saturated rings. The standard InChI is InChI=1S/C13H29NO/c1-11(2)9-13(5,12(3)4)10-14-7-8-15-6/h11-12,14H,7-10H2,1-6H3. The summed E-state index contributed by atoms with van der Waals surface area (Å²) in [6, 6.07) is 0. The third kappa shape index (κ3) is 6.16. The van der Waals surface area contributed by atoms with Gasteiger partial charge in [-0.25, -0.2) is 0 Å². The van der Waals surface area contributed by atoms with Crippen LogP contribution in [0.5, 0.6) is 0 Å². The van der Waals surface area contributed by atoms with Gasteiger partial charge in [0.2, 0.25) is 0 Å². The van der Waals surface area contributed by atoms with Crippen molar-refractivity contribution >= 4 is 0 Å². The summed E-state index contributed by atoms with van der Waals surface area (Å²) in [7, 11) is 1.75. The lowest BCUT2D eigenvalue weighted by molar-refractivity contribution is 0.153. The normalized spacial score (nSPS) is 16.0. The summed E-state index contributed by atoms with van der Waals surface area (Å²) < 4.78 is 5.04. The van der Waals surface area contributed by atoms with Gasteiger partial charge in [-0.05, 0) is 23.7 Å². The first-order valence-electron chi connectivity index (χ1n) is 6.12. The minimum atomic E-state index is 0.405. The Morgan fingerprint density at radius 3 is 2.20 bits per heavy atom. The number of rotatable bonds is 8. The summed E-state index contributed by atoms with van der Waals surface area (Å²) in [6.07, 6.45) is 1.28. The SMILES string of the molecule is COCCNCC(C)(CC(C)C)C(C)C. The summed E-state index contributed by atoms with van der Waals surface area (Å²) in [6.45, 7) is 14.5. The van der Waals surface area contributed by atoms with E-state index in [-0.39, 0.29) is 0 Å². The Morgan fingerprint density at radius 2 is 1.80 bits per heavy atom. The molecule has 0 saturated heterocycles. The summed E-state index contributed by atoms with van der Waals surface area (Å²) in [4.78, 5) is 0. The average Bonchev–Trinajstić information content (AvgIpc) is 2.11. The number of nitrogens with one attached hydrogen (secondary N) is 1. The van der Waals surface area contributed by atoms with Crippen LogP contribution in [0.2, 0.25) is 0 Å². The number of hydrogen-bond acceptors (Lipinski definition) is 2. The molecule has 0 rings (SSSR count). The lowest BCUT2D eigenvalue weighted by Crippen LogP contribution is -2.38. The molecule has 0 aliphatic rings. The fraction of sp³-hybridized carbons (Fsp3) is 1.00. The van der Waals surface area contributed by atoms with E-state index >= 15 is 0 Å². The molecule has 15 heavy (non-hydrogen) atoms. The van der Waals surface area contributed by atoms with E-state index in [0.29, 0.717) is 5.41 Å². The molecule has 2 nitrogen and oxygen atoms in total. The second-order valence-corrected chi connectivity index (χ2v) is 5.58. The molecular weight excluding hydrogens is 186 g/mol. The van der Waals surface area contributed by atoms with Crippen LogP contribution in [0.3, 0.4) is 0 Å². The van der Waals surface area contributed by atoms with E-state index in [1.54, 1.807) is 7.11 Å². The molecule has 1 atom stereocenters. The Labute approximate surface area is 95.8 Å². The van der Waals surface area contributed by atoms with Crippen molar-refractivity contribution in [3.8, 4) is 0 Å². The highest BCUT2D eigenvalue weighted by Crippen LogP contribution is 2.33. The molecule has 0 aliphatic carbocycles. The zero-order chi connectivity index (χ0) is 11.9. The van der Waals surface area contributed by atoms with Gasteiger partial charge in [0.05, 0.1) is 6.61 Å². The van der Waals surface area contributed by atoms with Crippen LogP contribution in [0.1, 0.15) is 41.0 Å². The van der Waals surface area contributed by atoms with Crippen LogP contribution in [0.25, 0.3) is 0 Å². The van der Waals surface area contributed by atoms with Gasteiger partial charge in [-0.3, -0.25) is 0 Å². The highest BCUT2D eigenvalue weighted by Gasteiger charge is 2.28. The minimum absolute atomic E-state index is 0.405. The lowest BCUT2D eigenvalue weighted by Gasteiger charge is -2.36. The quantitative estimate of drug-likeness (QED) is 0.629. The molecule has 0 aromatic rings. The van der Waals surface area contributed by atoms with Gasteiger partial charge in [-0.1, -0.05) is 34.6 Å². The molecule has 0 heterocycles. The molecule has 0 amide bonds. The Kier molecular flexibility index (Phi) is 7.20. The van der Waals surface area contributed by atoms with E-state index in [1.165, 1.54) is 6.42 Å². The molecule has 0 bridgehead atoms. The van der Waals surface area contributed by atoms with Crippen LogP contribution < -0.4 is 5.32 Å². The minimum Gasteiger partial charge on any atom is -0.383 e. The van der Waals surface area contributed by atoms with Crippen molar-refractivity contribution < 1.29 is 4.74 Å². The van der Waals surface area contributed by atoms with E-state index in [1.807, 2.05) is 0 Å². The molecule has 0 aromatic heterocycles. The fourth-order valence-electron chi connectivity index (χ4n) is 1.99. The topological polar surface area (TPSA) is 21.3 Å². The lowest BCUT2D eigenvalue weighted by atomic mass is 9.73. The summed E-state index contributed by atoms with van der Waals surface area (Å²) in [5.74, 6) is 1.48. The van der Waals surface area contributed by atoms with Crippen molar-refractivity contribution in [2.24, 2.45) is 17.3 Å². The molecule has 0 aliphatic heterocycles. The van der Waals surface area contributed by atoms with Gasteiger partial charge in [0.15, 0.2) is 0 Å². The van der Waals surface area contributed by atoms with Crippen LogP contribution in [-0.2, 0) is 4.74 Å². The maximum Gasteiger partial charge on any atom is 0.0587 e. The van der Waals surface area contributed by atoms with E-state index in [2.05, 4.69) is 39.9 Å². The van der Waals surface area contributed by atoms with Crippen LogP contribution >= 0.6 is 0 Å². The Balaban J connectivity index is 4.02. The van der Waals surface area contributed by atoms with Gasteiger partial charge in [0.1, 0.15) is 0 Å². The van der Waals surface area contributed by atoms with Gasteiger partial charge in [-0.2, -0.15) is 0 Å². The first-order chi connectivity index (χ1) is 6.92. The third-order valence-electron chi connectivity index (χ3n) is 3.28. The van der Waals surface area contributed by atoms with Crippen molar-refractivity contribution in [3.05, 3.63) is 0 Å². The zero-order valence-corrected chi connectivity index (χ0v) is 11.4. The summed E-state index contributed by atoms with van der Waals surface area (Å²) in [5.41, 5.74) is 0.405. The van der Waals surface area contributed by atoms with Gasteiger partial charge in [-0.15, -0.1) is 0 Å². The first kappa shape index (κ1) is 14.9. The monoisotopic (exact) mass is 215 g/mol. The predicted molar refractivity (Wildman–Crippen MR) is 67.1 cm³/mol. The van der Waals surface area contributed by atoms with Crippen molar-refractivity contribution in [3.63, 3.8) is 0 Å². The molecule has 0 saturated carbocycles. The van der Waals surface area contributed by atoms with Gasteiger partial charge < -0.3 is 10.1 Å². The number of ether oxygens (including phenoxy) is 1. The second-order valence-electron chi connectivity index (χ2n) is 5.58. The fourth-order valence-corrected chi connectivity index (χ4v) is 1.99. The Morgan fingerprint density at radius 1 is 1.20 bits per heavy atom. The molecule has 0 radical (unpaired) electrons. The molecular formula is C13H29NO. The van der Waals surface area contributed by atoms with Crippen LogP contribution in [0.4, 0.5) is 0 Å².